The maximum atomic E-state index is 2.29. The smallest absolute Gasteiger partial charge is 0.0452 e. The van der Waals surface area contributed by atoms with Crippen LogP contribution in [-0.4, -0.2) is 0 Å². The van der Waals surface area contributed by atoms with Gasteiger partial charge in [-0.3, -0.25) is 0 Å². The molecule has 0 saturated heterocycles. The molecule has 2 rings (SSSR count). The second kappa shape index (κ2) is 4.25. The fourth-order valence-corrected chi connectivity index (χ4v) is 3.60. The summed E-state index contributed by atoms with van der Waals surface area (Å²) < 4.78 is 1.47. The summed E-state index contributed by atoms with van der Waals surface area (Å²) in [5.74, 6) is 0. The minimum atomic E-state index is 1.28. The molecule has 70 valence electrons. The topological polar surface area (TPSA) is 0 Å². The van der Waals surface area contributed by atoms with Crippen LogP contribution in [0.15, 0.2) is 16.8 Å². The van der Waals surface area contributed by atoms with Gasteiger partial charge in [-0.2, -0.15) is 0 Å². The molecule has 2 aromatic heterocycles. The molecule has 0 bridgehead atoms. The van der Waals surface area contributed by atoms with Crippen LogP contribution in [0, 0.1) is 0 Å². The van der Waals surface area contributed by atoms with Gasteiger partial charge in [0.25, 0.3) is 0 Å². The molecular formula is C11H14S2. The van der Waals surface area contributed by atoms with E-state index < -0.39 is 0 Å². The van der Waals surface area contributed by atoms with Crippen molar-refractivity contribution in [1.29, 1.82) is 0 Å². The molecule has 0 unspecified atom stereocenters. The molecule has 2 heterocycles. The van der Waals surface area contributed by atoms with Gasteiger partial charge in [-0.25, -0.2) is 0 Å². The average molecular weight is 210 g/mol. The van der Waals surface area contributed by atoms with Crippen LogP contribution in [0.1, 0.15) is 31.1 Å². The molecule has 0 saturated carbocycles. The Morgan fingerprint density at radius 1 is 1.23 bits per heavy atom. The number of aryl methyl sites for hydroxylation is 1. The Kier molecular flexibility index (Phi) is 3.01. The molecule has 0 atom stereocenters. The van der Waals surface area contributed by atoms with Gasteiger partial charge in [0.05, 0.1) is 0 Å². The van der Waals surface area contributed by atoms with Gasteiger partial charge in [0.2, 0.25) is 0 Å². The molecule has 0 radical (unpaired) electrons. The lowest BCUT2D eigenvalue weighted by Gasteiger charge is -1.95. The van der Waals surface area contributed by atoms with Crippen molar-refractivity contribution in [3.05, 3.63) is 21.7 Å². The molecule has 0 spiro atoms. The van der Waals surface area contributed by atoms with Crippen LogP contribution in [0.3, 0.4) is 0 Å². The SMILES string of the molecule is CCCCCc1scc2sccc12. The van der Waals surface area contributed by atoms with E-state index in [4.69, 9.17) is 0 Å². The van der Waals surface area contributed by atoms with Gasteiger partial charge in [0, 0.05) is 20.3 Å². The molecular weight excluding hydrogens is 196 g/mol. The van der Waals surface area contributed by atoms with Gasteiger partial charge >= 0.3 is 0 Å². The molecule has 2 aromatic rings. The first-order valence-electron chi connectivity index (χ1n) is 4.85. The van der Waals surface area contributed by atoms with E-state index in [1.165, 1.54) is 35.8 Å². The molecule has 2 heteroatoms. The highest BCUT2D eigenvalue weighted by atomic mass is 32.1. The van der Waals surface area contributed by atoms with E-state index in [2.05, 4.69) is 23.8 Å². The van der Waals surface area contributed by atoms with Crippen LogP contribution < -0.4 is 0 Å². The Morgan fingerprint density at radius 2 is 2.15 bits per heavy atom. The highest BCUT2D eigenvalue weighted by molar-refractivity contribution is 7.22. The first kappa shape index (κ1) is 9.22. The lowest BCUT2D eigenvalue weighted by molar-refractivity contribution is 0.724. The molecule has 0 amide bonds. The molecule has 0 nitrogen and oxygen atoms in total. The Balaban J connectivity index is 2.09. The normalized spacial score (nSPS) is 11.2. The zero-order valence-electron chi connectivity index (χ0n) is 7.88. The third-order valence-electron chi connectivity index (χ3n) is 2.31. The van der Waals surface area contributed by atoms with Crippen LogP contribution in [-0.2, 0) is 6.42 Å². The summed E-state index contributed by atoms with van der Waals surface area (Å²) in [7, 11) is 0. The van der Waals surface area contributed by atoms with Gasteiger partial charge in [-0.05, 0) is 24.3 Å². The maximum Gasteiger partial charge on any atom is 0.0452 e. The summed E-state index contributed by atoms with van der Waals surface area (Å²) in [5.41, 5.74) is 0. The summed E-state index contributed by atoms with van der Waals surface area (Å²) in [6.07, 6.45) is 5.31. The van der Waals surface area contributed by atoms with Gasteiger partial charge in [-0.1, -0.05) is 19.8 Å². The van der Waals surface area contributed by atoms with Crippen LogP contribution in [0.2, 0.25) is 0 Å². The summed E-state index contributed by atoms with van der Waals surface area (Å²) in [4.78, 5) is 1.59. The second-order valence-electron chi connectivity index (χ2n) is 3.31. The molecule has 0 aliphatic rings. The molecule has 13 heavy (non-hydrogen) atoms. The number of rotatable bonds is 4. The fourth-order valence-electron chi connectivity index (χ4n) is 1.56. The predicted molar refractivity (Wildman–Crippen MR) is 62.9 cm³/mol. The van der Waals surface area contributed by atoms with E-state index >= 15 is 0 Å². The first-order valence-corrected chi connectivity index (χ1v) is 6.61. The van der Waals surface area contributed by atoms with Crippen LogP contribution in [0.5, 0.6) is 0 Å². The van der Waals surface area contributed by atoms with Gasteiger partial charge in [0.15, 0.2) is 0 Å². The Labute approximate surface area is 87.2 Å². The van der Waals surface area contributed by atoms with Gasteiger partial charge in [-0.15, -0.1) is 22.7 Å². The standard InChI is InChI=1S/C11H14S2/c1-2-3-4-5-10-9-6-7-12-11(9)8-13-10/h6-8H,2-5H2,1H3. The Hall–Kier alpha value is -0.340. The van der Waals surface area contributed by atoms with Gasteiger partial charge in [0.1, 0.15) is 0 Å². The summed E-state index contributed by atoms with van der Waals surface area (Å²) in [6, 6.07) is 2.26. The van der Waals surface area contributed by atoms with Crippen molar-refractivity contribution in [2.75, 3.05) is 0 Å². The van der Waals surface area contributed by atoms with Crippen LogP contribution in [0.4, 0.5) is 0 Å². The van der Waals surface area contributed by atoms with Crippen molar-refractivity contribution in [3.8, 4) is 0 Å². The quantitative estimate of drug-likeness (QED) is 0.642. The average Bonchev–Trinajstić information content (AvgIpc) is 2.68. The van der Waals surface area contributed by atoms with Gasteiger partial charge < -0.3 is 0 Å². The minimum absolute atomic E-state index is 1.28. The largest absolute Gasteiger partial charge is 0.147 e. The van der Waals surface area contributed by atoms with Crippen molar-refractivity contribution < 1.29 is 0 Å². The van der Waals surface area contributed by atoms with E-state index in [-0.39, 0.29) is 0 Å². The molecule has 0 aromatic carbocycles. The van der Waals surface area contributed by atoms with E-state index in [1.807, 2.05) is 22.7 Å². The van der Waals surface area contributed by atoms with Crippen molar-refractivity contribution >= 4 is 32.8 Å². The summed E-state index contributed by atoms with van der Waals surface area (Å²) in [5, 5.41) is 5.99. The lowest BCUT2D eigenvalue weighted by Crippen LogP contribution is -1.80. The highest BCUT2D eigenvalue weighted by Gasteiger charge is 2.03. The number of hydrogen-bond acceptors (Lipinski definition) is 2. The zero-order chi connectivity index (χ0) is 9.10. The Bertz CT molecular complexity index is 370. The summed E-state index contributed by atoms with van der Waals surface area (Å²) in [6.45, 7) is 2.26. The minimum Gasteiger partial charge on any atom is -0.147 e. The van der Waals surface area contributed by atoms with E-state index in [0.717, 1.165) is 0 Å². The van der Waals surface area contributed by atoms with Crippen molar-refractivity contribution in [2.45, 2.75) is 32.6 Å². The van der Waals surface area contributed by atoms with E-state index in [9.17, 15) is 0 Å². The number of unbranched alkanes of at least 4 members (excludes halogenated alkanes) is 2. The second-order valence-corrected chi connectivity index (χ2v) is 5.23. The van der Waals surface area contributed by atoms with Crippen LogP contribution >= 0.6 is 22.7 Å². The lowest BCUT2D eigenvalue weighted by atomic mass is 10.1. The first-order chi connectivity index (χ1) is 6.42. The Morgan fingerprint density at radius 3 is 3.00 bits per heavy atom. The number of fused-ring (bicyclic) bond motifs is 1. The van der Waals surface area contributed by atoms with E-state index in [1.54, 1.807) is 4.88 Å². The zero-order valence-corrected chi connectivity index (χ0v) is 9.51. The highest BCUT2D eigenvalue weighted by Crippen LogP contribution is 2.31. The van der Waals surface area contributed by atoms with Crippen molar-refractivity contribution in [2.24, 2.45) is 0 Å². The van der Waals surface area contributed by atoms with Crippen molar-refractivity contribution in [1.82, 2.24) is 0 Å². The number of hydrogen-bond donors (Lipinski definition) is 0. The number of thiophene rings is 2. The predicted octanol–water partition coefficient (Wildman–Crippen LogP) is 4.70. The molecule has 0 N–H and O–H groups in total. The monoisotopic (exact) mass is 210 g/mol. The third-order valence-corrected chi connectivity index (χ3v) is 4.39. The molecule has 0 aliphatic heterocycles. The van der Waals surface area contributed by atoms with Crippen molar-refractivity contribution in [3.63, 3.8) is 0 Å². The maximum absolute atomic E-state index is 2.29. The van der Waals surface area contributed by atoms with Crippen LogP contribution in [0.25, 0.3) is 10.1 Å². The van der Waals surface area contributed by atoms with E-state index in [0.29, 0.717) is 0 Å². The fraction of sp³-hybridized carbons (Fsp3) is 0.455. The molecule has 0 aliphatic carbocycles. The molecule has 0 fully saturated rings. The summed E-state index contributed by atoms with van der Waals surface area (Å²) >= 11 is 3.79. The third kappa shape index (κ3) is 1.94.